The van der Waals surface area contributed by atoms with Gasteiger partial charge in [-0.05, 0) is 43.4 Å². The highest BCUT2D eigenvalue weighted by molar-refractivity contribution is 6.31. The van der Waals surface area contributed by atoms with E-state index in [2.05, 4.69) is 12.1 Å². The van der Waals surface area contributed by atoms with E-state index in [1.54, 1.807) is 0 Å². The normalized spacial score (nSPS) is 17.7. The molecular formula is C13H16ClN. The van der Waals surface area contributed by atoms with Crippen molar-refractivity contribution in [1.29, 1.82) is 0 Å². The van der Waals surface area contributed by atoms with E-state index in [9.17, 15) is 0 Å². The average Bonchev–Trinajstić information content (AvgIpc) is 2.74. The fourth-order valence-corrected chi connectivity index (χ4v) is 2.32. The van der Waals surface area contributed by atoms with Crippen molar-refractivity contribution in [2.45, 2.75) is 32.2 Å². The maximum absolute atomic E-state index is 6.24. The van der Waals surface area contributed by atoms with Crippen LogP contribution in [0.2, 0.25) is 5.02 Å². The van der Waals surface area contributed by atoms with Crippen LogP contribution < -0.4 is 5.73 Å². The molecule has 1 aliphatic rings. The first-order chi connectivity index (χ1) is 7.20. The van der Waals surface area contributed by atoms with Gasteiger partial charge in [-0.2, -0.15) is 0 Å². The Bertz CT molecular complexity index is 396. The predicted octanol–water partition coefficient (Wildman–Crippen LogP) is 3.76. The summed E-state index contributed by atoms with van der Waals surface area (Å²) in [5.74, 6) is 0. The molecule has 0 bridgehead atoms. The van der Waals surface area contributed by atoms with Crippen LogP contribution in [0.3, 0.4) is 0 Å². The molecule has 0 saturated carbocycles. The van der Waals surface area contributed by atoms with Gasteiger partial charge in [0.2, 0.25) is 0 Å². The lowest BCUT2D eigenvalue weighted by molar-refractivity contribution is 0.780. The topological polar surface area (TPSA) is 26.0 Å². The minimum Gasteiger partial charge on any atom is -0.321 e. The van der Waals surface area contributed by atoms with Crippen LogP contribution in [0, 0.1) is 6.92 Å². The third kappa shape index (κ3) is 2.09. The molecular weight excluding hydrogens is 206 g/mol. The molecule has 1 nitrogen and oxygen atoms in total. The summed E-state index contributed by atoms with van der Waals surface area (Å²) in [6.45, 7) is 2.03. The zero-order chi connectivity index (χ0) is 10.8. The fraction of sp³-hybridized carbons (Fsp3) is 0.385. The molecule has 0 aliphatic heterocycles. The van der Waals surface area contributed by atoms with Gasteiger partial charge >= 0.3 is 0 Å². The zero-order valence-electron chi connectivity index (χ0n) is 8.96. The highest BCUT2D eigenvalue weighted by Crippen LogP contribution is 2.32. The van der Waals surface area contributed by atoms with Crippen LogP contribution in [-0.2, 0) is 0 Å². The molecule has 1 unspecified atom stereocenters. The number of rotatable bonds is 2. The molecule has 0 aromatic heterocycles. The summed E-state index contributed by atoms with van der Waals surface area (Å²) in [4.78, 5) is 0. The average molecular weight is 222 g/mol. The lowest BCUT2D eigenvalue weighted by Gasteiger charge is -2.16. The fourth-order valence-electron chi connectivity index (χ4n) is 2.14. The molecule has 0 heterocycles. The Hall–Kier alpha value is -0.790. The molecule has 2 N–H and O–H groups in total. The van der Waals surface area contributed by atoms with Gasteiger partial charge in [-0.3, -0.25) is 0 Å². The SMILES string of the molecule is Cc1c(Cl)cccc1C(N)C1=CCCC1. The first-order valence-corrected chi connectivity index (χ1v) is 5.77. The second-order valence-corrected chi connectivity index (χ2v) is 4.51. The summed E-state index contributed by atoms with van der Waals surface area (Å²) in [6, 6.07) is 5.99. The lowest BCUT2D eigenvalue weighted by atomic mass is 9.95. The number of allylic oxidation sites excluding steroid dienone is 1. The van der Waals surface area contributed by atoms with Crippen molar-refractivity contribution in [2.75, 3.05) is 0 Å². The van der Waals surface area contributed by atoms with Gasteiger partial charge in [0.1, 0.15) is 0 Å². The second-order valence-electron chi connectivity index (χ2n) is 4.10. The Morgan fingerprint density at radius 2 is 2.20 bits per heavy atom. The largest absolute Gasteiger partial charge is 0.321 e. The first kappa shape index (κ1) is 10.7. The first-order valence-electron chi connectivity index (χ1n) is 5.39. The third-order valence-electron chi connectivity index (χ3n) is 3.12. The molecule has 0 fully saturated rings. The van der Waals surface area contributed by atoms with Crippen LogP contribution in [0.15, 0.2) is 29.8 Å². The third-order valence-corrected chi connectivity index (χ3v) is 3.53. The summed E-state index contributed by atoms with van der Waals surface area (Å²) in [5.41, 5.74) is 9.88. The molecule has 0 saturated heterocycles. The smallest absolute Gasteiger partial charge is 0.0514 e. The van der Waals surface area contributed by atoms with Gasteiger partial charge in [0.05, 0.1) is 6.04 Å². The van der Waals surface area contributed by atoms with E-state index in [0.717, 1.165) is 22.6 Å². The van der Waals surface area contributed by atoms with Crippen LogP contribution >= 0.6 is 11.6 Å². The van der Waals surface area contributed by atoms with Crippen LogP contribution in [-0.4, -0.2) is 0 Å². The van der Waals surface area contributed by atoms with Gasteiger partial charge in [0.25, 0.3) is 0 Å². The molecule has 0 amide bonds. The lowest BCUT2D eigenvalue weighted by Crippen LogP contribution is -2.13. The monoisotopic (exact) mass is 221 g/mol. The molecule has 1 aromatic carbocycles. The van der Waals surface area contributed by atoms with Crippen molar-refractivity contribution in [2.24, 2.45) is 5.73 Å². The van der Waals surface area contributed by atoms with E-state index >= 15 is 0 Å². The van der Waals surface area contributed by atoms with Crippen LogP contribution in [0.25, 0.3) is 0 Å². The Kier molecular flexibility index (Phi) is 3.13. The Morgan fingerprint density at radius 3 is 2.87 bits per heavy atom. The van der Waals surface area contributed by atoms with E-state index in [1.807, 2.05) is 19.1 Å². The number of hydrogen-bond acceptors (Lipinski definition) is 1. The van der Waals surface area contributed by atoms with Gasteiger partial charge in [-0.1, -0.05) is 35.4 Å². The van der Waals surface area contributed by atoms with Gasteiger partial charge < -0.3 is 5.73 Å². The van der Waals surface area contributed by atoms with E-state index in [4.69, 9.17) is 17.3 Å². The number of halogens is 1. The maximum atomic E-state index is 6.24. The highest BCUT2D eigenvalue weighted by atomic mass is 35.5. The highest BCUT2D eigenvalue weighted by Gasteiger charge is 2.17. The Balaban J connectivity index is 2.32. The molecule has 15 heavy (non-hydrogen) atoms. The Morgan fingerprint density at radius 1 is 1.40 bits per heavy atom. The van der Waals surface area contributed by atoms with E-state index in [-0.39, 0.29) is 6.04 Å². The van der Waals surface area contributed by atoms with Crippen molar-refractivity contribution < 1.29 is 0 Å². The molecule has 80 valence electrons. The summed E-state index contributed by atoms with van der Waals surface area (Å²) >= 11 is 6.09. The second kappa shape index (κ2) is 4.38. The van der Waals surface area contributed by atoms with Gasteiger partial charge in [-0.25, -0.2) is 0 Å². The standard InChI is InChI=1S/C13H16ClN/c1-9-11(7-4-8-12(9)14)13(15)10-5-2-3-6-10/h4-5,7-8,13H,2-3,6,15H2,1H3. The minimum atomic E-state index is 0.0335. The van der Waals surface area contributed by atoms with Crippen molar-refractivity contribution in [3.63, 3.8) is 0 Å². The summed E-state index contributed by atoms with van der Waals surface area (Å²) in [7, 11) is 0. The van der Waals surface area contributed by atoms with Crippen molar-refractivity contribution in [1.82, 2.24) is 0 Å². The molecule has 2 heteroatoms. The maximum Gasteiger partial charge on any atom is 0.0514 e. The minimum absolute atomic E-state index is 0.0335. The summed E-state index contributed by atoms with van der Waals surface area (Å²) in [6.07, 6.45) is 5.81. The number of hydrogen-bond donors (Lipinski definition) is 1. The van der Waals surface area contributed by atoms with Crippen molar-refractivity contribution in [3.8, 4) is 0 Å². The zero-order valence-corrected chi connectivity index (χ0v) is 9.72. The Labute approximate surface area is 95.9 Å². The van der Waals surface area contributed by atoms with E-state index in [0.29, 0.717) is 0 Å². The van der Waals surface area contributed by atoms with E-state index < -0.39 is 0 Å². The van der Waals surface area contributed by atoms with Gasteiger partial charge in [-0.15, -0.1) is 0 Å². The quantitative estimate of drug-likeness (QED) is 0.757. The molecule has 1 aliphatic carbocycles. The molecule has 1 atom stereocenters. The number of benzene rings is 1. The van der Waals surface area contributed by atoms with Crippen LogP contribution in [0.5, 0.6) is 0 Å². The molecule has 0 spiro atoms. The molecule has 0 radical (unpaired) electrons. The van der Waals surface area contributed by atoms with Gasteiger partial charge in [0.15, 0.2) is 0 Å². The van der Waals surface area contributed by atoms with Crippen molar-refractivity contribution in [3.05, 3.63) is 46.0 Å². The molecule has 2 rings (SSSR count). The number of nitrogens with two attached hydrogens (primary N) is 1. The summed E-state index contributed by atoms with van der Waals surface area (Å²) in [5, 5.41) is 0.807. The summed E-state index contributed by atoms with van der Waals surface area (Å²) < 4.78 is 0. The van der Waals surface area contributed by atoms with Crippen LogP contribution in [0.4, 0.5) is 0 Å². The predicted molar refractivity (Wildman–Crippen MR) is 65.1 cm³/mol. The van der Waals surface area contributed by atoms with Crippen LogP contribution in [0.1, 0.15) is 36.4 Å². The van der Waals surface area contributed by atoms with Crippen molar-refractivity contribution >= 4 is 11.6 Å². The van der Waals surface area contributed by atoms with Gasteiger partial charge in [0, 0.05) is 5.02 Å². The molecule has 1 aromatic rings. The van der Waals surface area contributed by atoms with E-state index in [1.165, 1.54) is 18.4 Å².